The Morgan fingerprint density at radius 1 is 1.42 bits per heavy atom. The van der Waals surface area contributed by atoms with Gasteiger partial charge in [0, 0.05) is 17.3 Å². The monoisotopic (exact) mass is 269 g/mol. The van der Waals surface area contributed by atoms with Crippen LogP contribution >= 0.6 is 11.3 Å². The Labute approximate surface area is 113 Å². The van der Waals surface area contributed by atoms with Crippen molar-refractivity contribution in [1.29, 1.82) is 0 Å². The van der Waals surface area contributed by atoms with Gasteiger partial charge in [0.2, 0.25) is 0 Å². The van der Waals surface area contributed by atoms with Gasteiger partial charge in [-0.3, -0.25) is 0 Å². The normalized spacial score (nSPS) is 23.1. The molecular formula is C15H11NO2S. The first-order valence-electron chi connectivity index (χ1n) is 6.12. The van der Waals surface area contributed by atoms with Crippen molar-refractivity contribution in [2.75, 3.05) is 6.54 Å². The van der Waals surface area contributed by atoms with Crippen molar-refractivity contribution in [3.05, 3.63) is 56.8 Å². The van der Waals surface area contributed by atoms with E-state index in [-0.39, 0.29) is 6.04 Å². The highest BCUT2D eigenvalue weighted by atomic mass is 32.1. The van der Waals surface area contributed by atoms with Gasteiger partial charge < -0.3 is 10.0 Å². The highest BCUT2D eigenvalue weighted by molar-refractivity contribution is 7.07. The van der Waals surface area contributed by atoms with Crippen molar-refractivity contribution >= 4 is 29.0 Å². The van der Waals surface area contributed by atoms with Crippen LogP contribution in [0.2, 0.25) is 0 Å². The summed E-state index contributed by atoms with van der Waals surface area (Å²) in [4.78, 5) is 13.3. The largest absolute Gasteiger partial charge is 0.478 e. The molecule has 1 aliphatic carbocycles. The molecule has 0 fully saturated rings. The molecule has 94 valence electrons. The maximum atomic E-state index is 11.2. The fourth-order valence-corrected chi connectivity index (χ4v) is 3.81. The first-order chi connectivity index (χ1) is 9.24. The molecule has 4 rings (SSSR count). The number of thiophene rings is 1. The van der Waals surface area contributed by atoms with Crippen LogP contribution in [-0.4, -0.2) is 28.6 Å². The Morgan fingerprint density at radius 3 is 3.16 bits per heavy atom. The second-order valence-electron chi connectivity index (χ2n) is 4.83. The van der Waals surface area contributed by atoms with Crippen molar-refractivity contribution in [2.24, 2.45) is 0 Å². The molecule has 0 saturated heterocycles. The van der Waals surface area contributed by atoms with Gasteiger partial charge in [-0.2, -0.15) is 0 Å². The molecule has 1 aromatic heterocycles. The summed E-state index contributed by atoms with van der Waals surface area (Å²) in [5.41, 5.74) is 2.71. The topological polar surface area (TPSA) is 40.5 Å². The number of hydrogen-bond donors (Lipinski definition) is 1. The maximum absolute atomic E-state index is 11.2. The summed E-state index contributed by atoms with van der Waals surface area (Å²) in [5, 5.41) is 12.6. The van der Waals surface area contributed by atoms with Gasteiger partial charge >= 0.3 is 5.97 Å². The Morgan fingerprint density at radius 2 is 2.32 bits per heavy atom. The molecule has 0 radical (unpaired) electrons. The average Bonchev–Trinajstić information content (AvgIpc) is 2.87. The summed E-state index contributed by atoms with van der Waals surface area (Å²) in [6, 6.07) is 2.32. The summed E-state index contributed by atoms with van der Waals surface area (Å²) in [6.07, 6.45) is 9.94. The van der Waals surface area contributed by atoms with E-state index in [1.807, 2.05) is 0 Å². The van der Waals surface area contributed by atoms with Crippen LogP contribution in [0.5, 0.6) is 0 Å². The number of carbonyl (C=O) groups is 1. The van der Waals surface area contributed by atoms with Crippen molar-refractivity contribution in [1.82, 2.24) is 4.90 Å². The van der Waals surface area contributed by atoms with E-state index in [0.717, 1.165) is 12.1 Å². The molecule has 3 nitrogen and oxygen atoms in total. The molecule has 1 unspecified atom stereocenters. The molecule has 0 amide bonds. The van der Waals surface area contributed by atoms with E-state index < -0.39 is 5.97 Å². The van der Waals surface area contributed by atoms with E-state index >= 15 is 0 Å². The zero-order chi connectivity index (χ0) is 13.0. The molecule has 1 atom stereocenters. The van der Waals surface area contributed by atoms with Crippen molar-refractivity contribution in [3.8, 4) is 0 Å². The van der Waals surface area contributed by atoms with E-state index in [9.17, 15) is 9.90 Å². The van der Waals surface area contributed by atoms with Gasteiger partial charge in [0.15, 0.2) is 0 Å². The lowest BCUT2D eigenvalue weighted by molar-refractivity contribution is -0.132. The van der Waals surface area contributed by atoms with Gasteiger partial charge in [-0.1, -0.05) is 12.2 Å². The Kier molecular flexibility index (Phi) is 2.11. The minimum absolute atomic E-state index is 0.176. The second-order valence-corrected chi connectivity index (χ2v) is 5.78. The fraction of sp³-hybridized carbons (Fsp3) is 0.133. The van der Waals surface area contributed by atoms with Crippen LogP contribution in [0.1, 0.15) is 0 Å². The number of carboxylic acids is 1. The van der Waals surface area contributed by atoms with E-state index in [0.29, 0.717) is 5.57 Å². The van der Waals surface area contributed by atoms with Crippen molar-refractivity contribution in [2.45, 2.75) is 6.04 Å². The first-order valence-corrected chi connectivity index (χ1v) is 7.00. The number of fused-ring (bicyclic) bond motifs is 1. The van der Waals surface area contributed by atoms with Gasteiger partial charge in [0.1, 0.15) is 0 Å². The van der Waals surface area contributed by atoms with Crippen LogP contribution in [0.25, 0.3) is 11.6 Å². The maximum Gasteiger partial charge on any atom is 0.337 e. The SMILES string of the molecule is O=C(O)C1=CN2CC=CC3=c4ccsc4=CC(=C1)C32. The van der Waals surface area contributed by atoms with Gasteiger partial charge in [-0.05, 0) is 40.0 Å². The van der Waals surface area contributed by atoms with Gasteiger partial charge in [0.05, 0.1) is 11.6 Å². The molecule has 2 aliphatic heterocycles. The summed E-state index contributed by atoms with van der Waals surface area (Å²) in [5.74, 6) is -0.868. The number of nitrogens with zero attached hydrogens (tertiary/aromatic N) is 1. The molecule has 19 heavy (non-hydrogen) atoms. The average molecular weight is 269 g/mol. The zero-order valence-electron chi connectivity index (χ0n) is 10.0. The van der Waals surface area contributed by atoms with E-state index in [1.54, 1.807) is 23.6 Å². The highest BCUT2D eigenvalue weighted by Crippen LogP contribution is 2.31. The molecule has 1 N–H and O–H groups in total. The van der Waals surface area contributed by atoms with Crippen LogP contribution in [0.4, 0.5) is 0 Å². The van der Waals surface area contributed by atoms with E-state index in [1.165, 1.54) is 15.3 Å². The molecule has 0 bridgehead atoms. The molecule has 1 aromatic rings. The number of aliphatic carboxylic acids is 1. The van der Waals surface area contributed by atoms with Crippen LogP contribution < -0.4 is 9.75 Å². The van der Waals surface area contributed by atoms with Crippen molar-refractivity contribution in [3.63, 3.8) is 0 Å². The Hall–Kier alpha value is -2.07. The standard InChI is InChI=1S/C15H11NO2S/c17-15(18)10-6-9-7-13-11(3-5-19-13)12-2-1-4-16(8-10)14(9)12/h1-3,5-8,14H,4H2,(H,17,18). The lowest BCUT2D eigenvalue weighted by Crippen LogP contribution is -2.44. The number of carboxylic acid groups (broad SMARTS) is 1. The third kappa shape index (κ3) is 1.47. The quantitative estimate of drug-likeness (QED) is 0.821. The lowest BCUT2D eigenvalue weighted by atomic mass is 9.86. The number of rotatable bonds is 1. The molecule has 0 aromatic carbocycles. The predicted octanol–water partition coefficient (Wildman–Crippen LogP) is 0.842. The highest BCUT2D eigenvalue weighted by Gasteiger charge is 2.31. The zero-order valence-corrected chi connectivity index (χ0v) is 10.9. The third-order valence-electron chi connectivity index (χ3n) is 3.73. The van der Waals surface area contributed by atoms with Gasteiger partial charge in [-0.15, -0.1) is 11.3 Å². The van der Waals surface area contributed by atoms with E-state index in [2.05, 4.69) is 34.6 Å². The second kappa shape index (κ2) is 3.71. The molecule has 0 saturated carbocycles. The van der Waals surface area contributed by atoms with E-state index in [4.69, 9.17) is 0 Å². The molecule has 0 spiro atoms. The summed E-state index contributed by atoms with van der Waals surface area (Å²) >= 11 is 1.70. The van der Waals surface area contributed by atoms with Crippen molar-refractivity contribution < 1.29 is 9.90 Å². The smallest absolute Gasteiger partial charge is 0.337 e. The minimum Gasteiger partial charge on any atom is -0.478 e. The molecule has 3 aliphatic rings. The first kappa shape index (κ1) is 10.8. The van der Waals surface area contributed by atoms with Crippen LogP contribution in [-0.2, 0) is 4.79 Å². The summed E-state index contributed by atoms with van der Waals surface area (Å²) in [7, 11) is 0. The Bertz CT molecular complexity index is 794. The minimum atomic E-state index is -0.868. The molecule has 4 heteroatoms. The van der Waals surface area contributed by atoms with Gasteiger partial charge in [-0.25, -0.2) is 4.79 Å². The predicted molar refractivity (Wildman–Crippen MR) is 74.9 cm³/mol. The molecule has 3 heterocycles. The fourth-order valence-electron chi connectivity index (χ4n) is 2.95. The van der Waals surface area contributed by atoms with Crippen LogP contribution in [0, 0.1) is 0 Å². The lowest BCUT2D eigenvalue weighted by Gasteiger charge is -2.38. The number of hydrogen-bond acceptors (Lipinski definition) is 3. The van der Waals surface area contributed by atoms with Gasteiger partial charge in [0.25, 0.3) is 0 Å². The van der Waals surface area contributed by atoms with Crippen LogP contribution in [0.15, 0.2) is 47.0 Å². The third-order valence-corrected chi connectivity index (χ3v) is 4.60. The summed E-state index contributed by atoms with van der Waals surface area (Å²) < 4.78 is 1.22. The Balaban J connectivity index is 2.03. The molecular weight excluding hydrogens is 258 g/mol. The van der Waals surface area contributed by atoms with Crippen LogP contribution in [0.3, 0.4) is 0 Å². The summed E-state index contributed by atoms with van der Waals surface area (Å²) in [6.45, 7) is 0.760.